The lowest BCUT2D eigenvalue weighted by Crippen LogP contribution is -2.23. The number of rotatable bonds is 4. The highest BCUT2D eigenvalue weighted by atomic mass is 16.5. The van der Waals surface area contributed by atoms with Crippen LogP contribution in [-0.4, -0.2) is 22.8 Å². The van der Waals surface area contributed by atoms with Gasteiger partial charge < -0.3 is 15.8 Å². The normalized spacial score (nSPS) is 10.2. The van der Waals surface area contributed by atoms with Gasteiger partial charge in [0.25, 0.3) is 5.91 Å². The molecule has 0 aliphatic heterocycles. The molecule has 0 spiro atoms. The van der Waals surface area contributed by atoms with Crippen molar-refractivity contribution in [2.75, 3.05) is 12.8 Å². The van der Waals surface area contributed by atoms with Gasteiger partial charge in [-0.2, -0.15) is 5.10 Å². The van der Waals surface area contributed by atoms with Crippen molar-refractivity contribution in [3.63, 3.8) is 0 Å². The number of para-hydroxylation sites is 1. The maximum Gasteiger partial charge on any atom is 0.255 e. The number of amides is 1. The van der Waals surface area contributed by atoms with Crippen molar-refractivity contribution in [1.82, 2.24) is 15.1 Å². The molecule has 2 rings (SSSR count). The third-order valence-electron chi connectivity index (χ3n) is 2.71. The number of aromatic nitrogens is 2. The van der Waals surface area contributed by atoms with Gasteiger partial charge in [-0.1, -0.05) is 6.07 Å². The number of benzene rings is 1. The summed E-state index contributed by atoms with van der Waals surface area (Å²) in [4.78, 5) is 12.1. The van der Waals surface area contributed by atoms with E-state index in [1.54, 1.807) is 29.1 Å². The van der Waals surface area contributed by atoms with Crippen LogP contribution < -0.4 is 15.8 Å². The summed E-state index contributed by atoms with van der Waals surface area (Å²) in [5.41, 5.74) is 7.56. The van der Waals surface area contributed by atoms with Crippen LogP contribution >= 0.6 is 0 Å². The maximum absolute atomic E-state index is 12.1. The summed E-state index contributed by atoms with van der Waals surface area (Å²) < 4.78 is 6.83. The van der Waals surface area contributed by atoms with Gasteiger partial charge in [0.1, 0.15) is 0 Å². The largest absolute Gasteiger partial charge is 0.494 e. The van der Waals surface area contributed by atoms with E-state index in [0.717, 1.165) is 5.56 Å². The average Bonchev–Trinajstić information content (AvgIpc) is 2.81. The molecule has 2 aromatic rings. The molecule has 100 valence electrons. The molecule has 1 amide bonds. The number of nitrogens with two attached hydrogens (primary N) is 1. The second kappa shape index (κ2) is 5.43. The van der Waals surface area contributed by atoms with Crippen molar-refractivity contribution in [2.24, 2.45) is 7.05 Å². The van der Waals surface area contributed by atoms with E-state index in [-0.39, 0.29) is 5.91 Å². The highest BCUT2D eigenvalue weighted by molar-refractivity contribution is 5.98. The second-order valence-corrected chi connectivity index (χ2v) is 4.13. The van der Waals surface area contributed by atoms with Crippen LogP contribution in [0.4, 0.5) is 5.69 Å². The van der Waals surface area contributed by atoms with E-state index in [9.17, 15) is 4.79 Å². The minimum atomic E-state index is -0.229. The van der Waals surface area contributed by atoms with Gasteiger partial charge in [-0.3, -0.25) is 9.48 Å². The first-order valence-electron chi connectivity index (χ1n) is 5.80. The first kappa shape index (κ1) is 12.9. The molecule has 6 heteroatoms. The van der Waals surface area contributed by atoms with Crippen LogP contribution in [0.15, 0.2) is 30.6 Å². The van der Waals surface area contributed by atoms with E-state index in [0.29, 0.717) is 23.5 Å². The molecule has 1 aromatic heterocycles. The number of hydrogen-bond donors (Lipinski definition) is 2. The summed E-state index contributed by atoms with van der Waals surface area (Å²) >= 11 is 0. The molecule has 0 radical (unpaired) electrons. The maximum atomic E-state index is 12.1. The molecular formula is C13H16N4O2. The van der Waals surface area contributed by atoms with E-state index >= 15 is 0 Å². The standard InChI is InChI=1S/C13H16N4O2/c1-17-8-9(7-16-17)6-15-13(18)10-4-3-5-11(14)12(10)19-2/h3-5,7-8H,6,14H2,1-2H3,(H,15,18). The van der Waals surface area contributed by atoms with Crippen LogP contribution in [-0.2, 0) is 13.6 Å². The molecule has 6 nitrogen and oxygen atoms in total. The molecule has 0 fully saturated rings. The van der Waals surface area contributed by atoms with Crippen LogP contribution in [0.3, 0.4) is 0 Å². The number of carbonyl (C=O) groups is 1. The van der Waals surface area contributed by atoms with Gasteiger partial charge in [0, 0.05) is 25.4 Å². The minimum absolute atomic E-state index is 0.229. The second-order valence-electron chi connectivity index (χ2n) is 4.13. The number of nitrogens with zero attached hydrogens (tertiary/aromatic N) is 2. The van der Waals surface area contributed by atoms with Gasteiger partial charge in [-0.25, -0.2) is 0 Å². The molecule has 1 heterocycles. The van der Waals surface area contributed by atoms with Crippen molar-refractivity contribution >= 4 is 11.6 Å². The Hall–Kier alpha value is -2.50. The molecule has 1 aromatic carbocycles. The van der Waals surface area contributed by atoms with E-state index in [1.807, 2.05) is 13.2 Å². The molecule has 0 saturated heterocycles. The van der Waals surface area contributed by atoms with Gasteiger partial charge in [-0.05, 0) is 12.1 Å². The van der Waals surface area contributed by atoms with Crippen LogP contribution in [0.5, 0.6) is 5.75 Å². The lowest BCUT2D eigenvalue weighted by atomic mass is 10.1. The molecule has 0 aliphatic rings. The van der Waals surface area contributed by atoms with Crippen molar-refractivity contribution in [3.05, 3.63) is 41.7 Å². The predicted octanol–water partition coefficient (Wildman–Crippen LogP) is 0.941. The van der Waals surface area contributed by atoms with Crippen LogP contribution in [0.25, 0.3) is 0 Å². The third-order valence-corrected chi connectivity index (χ3v) is 2.71. The number of anilines is 1. The van der Waals surface area contributed by atoms with Crippen LogP contribution in [0.1, 0.15) is 15.9 Å². The Morgan fingerprint density at radius 2 is 2.32 bits per heavy atom. The Morgan fingerprint density at radius 1 is 1.53 bits per heavy atom. The van der Waals surface area contributed by atoms with Gasteiger partial charge in [0.15, 0.2) is 5.75 Å². The Kier molecular flexibility index (Phi) is 3.70. The summed E-state index contributed by atoms with van der Waals surface area (Å²) in [5.74, 6) is 0.166. The highest BCUT2D eigenvalue weighted by Gasteiger charge is 2.14. The number of methoxy groups -OCH3 is 1. The Morgan fingerprint density at radius 3 is 2.95 bits per heavy atom. The van der Waals surface area contributed by atoms with Gasteiger partial charge >= 0.3 is 0 Å². The Labute approximate surface area is 111 Å². The van der Waals surface area contributed by atoms with E-state index in [4.69, 9.17) is 10.5 Å². The number of nitrogen functional groups attached to an aromatic ring is 1. The molecule has 0 unspecified atom stereocenters. The molecule has 0 bridgehead atoms. The number of hydrogen-bond acceptors (Lipinski definition) is 4. The lowest BCUT2D eigenvalue weighted by molar-refractivity contribution is 0.0948. The van der Waals surface area contributed by atoms with Crippen LogP contribution in [0.2, 0.25) is 0 Å². The van der Waals surface area contributed by atoms with E-state index in [1.165, 1.54) is 7.11 Å². The Balaban J connectivity index is 2.10. The first-order valence-corrected chi connectivity index (χ1v) is 5.80. The van der Waals surface area contributed by atoms with Gasteiger partial charge in [-0.15, -0.1) is 0 Å². The fraction of sp³-hybridized carbons (Fsp3) is 0.231. The quantitative estimate of drug-likeness (QED) is 0.801. The smallest absolute Gasteiger partial charge is 0.255 e. The highest BCUT2D eigenvalue weighted by Crippen LogP contribution is 2.25. The summed E-state index contributed by atoms with van der Waals surface area (Å²) in [6, 6.07) is 5.08. The van der Waals surface area contributed by atoms with E-state index in [2.05, 4.69) is 10.4 Å². The van der Waals surface area contributed by atoms with Crippen molar-refractivity contribution in [1.29, 1.82) is 0 Å². The van der Waals surface area contributed by atoms with E-state index < -0.39 is 0 Å². The Bertz CT molecular complexity index is 592. The monoisotopic (exact) mass is 260 g/mol. The molecule has 3 N–H and O–H groups in total. The van der Waals surface area contributed by atoms with Crippen molar-refractivity contribution < 1.29 is 9.53 Å². The summed E-state index contributed by atoms with van der Waals surface area (Å²) in [5, 5.41) is 6.84. The SMILES string of the molecule is COc1c(N)cccc1C(=O)NCc1cnn(C)c1. The topological polar surface area (TPSA) is 82.2 Å². The first-order chi connectivity index (χ1) is 9.11. The number of carbonyl (C=O) groups excluding carboxylic acids is 1. The fourth-order valence-corrected chi connectivity index (χ4v) is 1.80. The summed E-state index contributed by atoms with van der Waals surface area (Å²) in [7, 11) is 3.32. The zero-order valence-corrected chi connectivity index (χ0v) is 10.9. The number of aryl methyl sites for hydroxylation is 1. The molecule has 0 saturated carbocycles. The minimum Gasteiger partial charge on any atom is -0.494 e. The third kappa shape index (κ3) is 2.85. The molecule has 0 aliphatic carbocycles. The van der Waals surface area contributed by atoms with Crippen molar-refractivity contribution in [3.8, 4) is 5.75 Å². The lowest BCUT2D eigenvalue weighted by Gasteiger charge is -2.10. The molecule has 19 heavy (non-hydrogen) atoms. The summed E-state index contributed by atoms with van der Waals surface area (Å²) in [6.45, 7) is 0.407. The number of nitrogens with one attached hydrogen (secondary N) is 1. The zero-order valence-electron chi connectivity index (χ0n) is 10.9. The molecular weight excluding hydrogens is 244 g/mol. The predicted molar refractivity (Wildman–Crippen MR) is 71.8 cm³/mol. The van der Waals surface area contributed by atoms with Crippen molar-refractivity contribution in [2.45, 2.75) is 6.54 Å². The number of ether oxygens (including phenoxy) is 1. The van der Waals surface area contributed by atoms with Gasteiger partial charge in [0.05, 0.1) is 24.6 Å². The van der Waals surface area contributed by atoms with Crippen LogP contribution in [0, 0.1) is 0 Å². The fourth-order valence-electron chi connectivity index (χ4n) is 1.80. The summed E-state index contributed by atoms with van der Waals surface area (Å²) in [6.07, 6.45) is 3.55. The molecule has 0 atom stereocenters. The van der Waals surface area contributed by atoms with Gasteiger partial charge in [0.2, 0.25) is 0 Å². The average molecular weight is 260 g/mol. The zero-order chi connectivity index (χ0) is 13.8.